The summed E-state index contributed by atoms with van der Waals surface area (Å²) in [5.74, 6) is 0.996. The molecule has 0 saturated carbocycles. The van der Waals surface area contributed by atoms with Crippen LogP contribution in [-0.2, 0) is 12.0 Å². The first-order valence-corrected chi connectivity index (χ1v) is 10.7. The standard InChI is InChI=1S/C25H36N2O/c1-18(2)28-23-14-13-21(25(3,4)5)16-20(23)17-27-22-12-9-15-26-24(22)19-10-7-6-8-11-19/h6-8,10-11,13-14,16,18,22,24,26-27H,9,12,15,17H2,1-5H3/t22-,24-/m0/s1. The zero-order chi connectivity index (χ0) is 20.1. The fraction of sp³-hybridized carbons (Fsp3) is 0.520. The Hall–Kier alpha value is -1.84. The van der Waals surface area contributed by atoms with Crippen LogP contribution in [0.15, 0.2) is 48.5 Å². The summed E-state index contributed by atoms with van der Waals surface area (Å²) in [6, 6.07) is 18.2. The molecule has 0 aliphatic carbocycles. The number of hydrogen-bond acceptors (Lipinski definition) is 3. The molecule has 1 fully saturated rings. The molecule has 3 rings (SSSR count). The Kier molecular flexibility index (Phi) is 6.79. The quantitative estimate of drug-likeness (QED) is 0.708. The number of hydrogen-bond donors (Lipinski definition) is 2. The van der Waals surface area contributed by atoms with E-state index in [9.17, 15) is 0 Å². The lowest BCUT2D eigenvalue weighted by Crippen LogP contribution is -2.45. The molecule has 1 saturated heterocycles. The molecule has 1 heterocycles. The number of piperidine rings is 1. The molecule has 28 heavy (non-hydrogen) atoms. The first kappa shape index (κ1) is 20.9. The molecule has 3 heteroatoms. The van der Waals surface area contributed by atoms with E-state index in [1.165, 1.54) is 29.5 Å². The summed E-state index contributed by atoms with van der Waals surface area (Å²) in [6.07, 6.45) is 2.57. The van der Waals surface area contributed by atoms with Crippen LogP contribution in [0, 0.1) is 0 Å². The van der Waals surface area contributed by atoms with E-state index in [1.54, 1.807) is 0 Å². The molecule has 1 aliphatic heterocycles. The van der Waals surface area contributed by atoms with Crippen LogP contribution in [0.1, 0.15) is 70.2 Å². The lowest BCUT2D eigenvalue weighted by Gasteiger charge is -2.34. The van der Waals surface area contributed by atoms with E-state index >= 15 is 0 Å². The summed E-state index contributed by atoms with van der Waals surface area (Å²) in [4.78, 5) is 0. The summed E-state index contributed by atoms with van der Waals surface area (Å²) in [6.45, 7) is 12.9. The van der Waals surface area contributed by atoms with Crippen LogP contribution in [0.5, 0.6) is 5.75 Å². The van der Waals surface area contributed by atoms with Gasteiger partial charge in [0.1, 0.15) is 5.75 Å². The lowest BCUT2D eigenvalue weighted by molar-refractivity contribution is 0.237. The first-order chi connectivity index (χ1) is 13.3. The van der Waals surface area contributed by atoms with Gasteiger partial charge in [0.05, 0.1) is 6.10 Å². The van der Waals surface area contributed by atoms with Gasteiger partial charge in [0.2, 0.25) is 0 Å². The summed E-state index contributed by atoms with van der Waals surface area (Å²) in [7, 11) is 0. The Balaban J connectivity index is 1.79. The van der Waals surface area contributed by atoms with Gasteiger partial charge in [0.15, 0.2) is 0 Å². The second-order valence-corrected chi connectivity index (χ2v) is 9.21. The van der Waals surface area contributed by atoms with E-state index in [4.69, 9.17) is 4.74 Å². The summed E-state index contributed by atoms with van der Waals surface area (Å²) >= 11 is 0. The summed E-state index contributed by atoms with van der Waals surface area (Å²) < 4.78 is 6.11. The van der Waals surface area contributed by atoms with Crippen molar-refractivity contribution in [2.75, 3.05) is 6.54 Å². The van der Waals surface area contributed by atoms with Crippen LogP contribution in [0.25, 0.3) is 0 Å². The van der Waals surface area contributed by atoms with Crippen molar-refractivity contribution in [1.29, 1.82) is 0 Å². The Morgan fingerprint density at radius 3 is 2.54 bits per heavy atom. The van der Waals surface area contributed by atoms with Crippen molar-refractivity contribution >= 4 is 0 Å². The van der Waals surface area contributed by atoms with Gasteiger partial charge >= 0.3 is 0 Å². The van der Waals surface area contributed by atoms with E-state index in [0.29, 0.717) is 12.1 Å². The van der Waals surface area contributed by atoms with E-state index in [2.05, 4.69) is 93.8 Å². The molecule has 0 amide bonds. The molecule has 2 aromatic carbocycles. The first-order valence-electron chi connectivity index (χ1n) is 10.7. The van der Waals surface area contributed by atoms with Crippen molar-refractivity contribution in [1.82, 2.24) is 10.6 Å². The molecule has 0 unspecified atom stereocenters. The minimum Gasteiger partial charge on any atom is -0.491 e. The van der Waals surface area contributed by atoms with E-state index in [-0.39, 0.29) is 11.5 Å². The van der Waals surface area contributed by atoms with Crippen LogP contribution in [0.4, 0.5) is 0 Å². The third kappa shape index (κ3) is 5.36. The van der Waals surface area contributed by atoms with Crippen molar-refractivity contribution in [3.8, 4) is 5.75 Å². The smallest absolute Gasteiger partial charge is 0.124 e. The molecular weight excluding hydrogens is 344 g/mol. The third-order valence-corrected chi connectivity index (χ3v) is 5.46. The molecule has 0 bridgehead atoms. The highest BCUT2D eigenvalue weighted by Crippen LogP contribution is 2.30. The summed E-state index contributed by atoms with van der Waals surface area (Å²) in [5, 5.41) is 7.55. The van der Waals surface area contributed by atoms with Crippen LogP contribution >= 0.6 is 0 Å². The Morgan fingerprint density at radius 2 is 1.86 bits per heavy atom. The van der Waals surface area contributed by atoms with E-state index in [0.717, 1.165) is 18.8 Å². The average molecular weight is 381 g/mol. The topological polar surface area (TPSA) is 33.3 Å². The van der Waals surface area contributed by atoms with Gasteiger partial charge in [0.25, 0.3) is 0 Å². The normalized spacial score (nSPS) is 20.4. The van der Waals surface area contributed by atoms with Crippen molar-refractivity contribution in [2.45, 2.75) is 77.6 Å². The predicted molar refractivity (Wildman–Crippen MR) is 118 cm³/mol. The molecule has 1 aliphatic rings. The van der Waals surface area contributed by atoms with Gasteiger partial charge in [-0.3, -0.25) is 0 Å². The van der Waals surface area contributed by atoms with Crippen molar-refractivity contribution < 1.29 is 4.74 Å². The Morgan fingerprint density at radius 1 is 1.11 bits per heavy atom. The van der Waals surface area contributed by atoms with Crippen LogP contribution < -0.4 is 15.4 Å². The fourth-order valence-electron chi connectivity index (χ4n) is 3.91. The highest BCUT2D eigenvalue weighted by Gasteiger charge is 2.26. The van der Waals surface area contributed by atoms with Gasteiger partial charge in [0, 0.05) is 24.2 Å². The maximum atomic E-state index is 6.11. The zero-order valence-electron chi connectivity index (χ0n) is 18.1. The van der Waals surface area contributed by atoms with Gasteiger partial charge < -0.3 is 15.4 Å². The largest absolute Gasteiger partial charge is 0.491 e. The maximum Gasteiger partial charge on any atom is 0.124 e. The van der Waals surface area contributed by atoms with Crippen LogP contribution in [-0.4, -0.2) is 18.7 Å². The molecule has 2 N–H and O–H groups in total. The van der Waals surface area contributed by atoms with Crippen molar-refractivity contribution in [3.05, 3.63) is 65.2 Å². The minimum absolute atomic E-state index is 0.129. The second-order valence-electron chi connectivity index (χ2n) is 9.21. The number of rotatable bonds is 6. The Labute approximate surface area is 170 Å². The molecule has 0 spiro atoms. The Bertz CT molecular complexity index is 749. The molecular formula is C25H36N2O. The molecule has 3 nitrogen and oxygen atoms in total. The summed E-state index contributed by atoms with van der Waals surface area (Å²) in [5.41, 5.74) is 4.09. The van der Waals surface area contributed by atoms with Gasteiger partial charge in [-0.25, -0.2) is 0 Å². The number of benzene rings is 2. The highest BCUT2D eigenvalue weighted by atomic mass is 16.5. The SMILES string of the molecule is CC(C)Oc1ccc(C(C)(C)C)cc1CN[C@H]1CCCN[C@H]1c1ccccc1. The predicted octanol–water partition coefficient (Wildman–Crippen LogP) is 5.35. The van der Waals surface area contributed by atoms with Crippen LogP contribution in [0.3, 0.4) is 0 Å². The van der Waals surface area contributed by atoms with Crippen molar-refractivity contribution in [3.63, 3.8) is 0 Å². The van der Waals surface area contributed by atoms with Crippen LogP contribution in [0.2, 0.25) is 0 Å². The second kappa shape index (κ2) is 9.11. The van der Waals surface area contributed by atoms with Gasteiger partial charge in [-0.05, 0) is 55.8 Å². The molecule has 0 radical (unpaired) electrons. The highest BCUT2D eigenvalue weighted by molar-refractivity contribution is 5.40. The molecule has 152 valence electrons. The minimum atomic E-state index is 0.129. The average Bonchev–Trinajstić information content (AvgIpc) is 2.67. The monoisotopic (exact) mass is 380 g/mol. The van der Waals surface area contributed by atoms with Gasteiger partial charge in [-0.15, -0.1) is 0 Å². The fourth-order valence-corrected chi connectivity index (χ4v) is 3.91. The number of nitrogens with one attached hydrogen (secondary N) is 2. The number of ether oxygens (including phenoxy) is 1. The third-order valence-electron chi connectivity index (χ3n) is 5.46. The maximum absolute atomic E-state index is 6.11. The molecule has 2 atom stereocenters. The lowest BCUT2D eigenvalue weighted by atomic mass is 9.86. The molecule has 0 aromatic heterocycles. The molecule has 2 aromatic rings. The van der Waals surface area contributed by atoms with Crippen molar-refractivity contribution in [2.24, 2.45) is 0 Å². The van der Waals surface area contributed by atoms with E-state index < -0.39 is 0 Å². The van der Waals surface area contributed by atoms with E-state index in [1.807, 2.05) is 0 Å². The van der Waals surface area contributed by atoms with Gasteiger partial charge in [-0.1, -0.05) is 63.2 Å². The zero-order valence-corrected chi connectivity index (χ0v) is 18.1. The van der Waals surface area contributed by atoms with Gasteiger partial charge in [-0.2, -0.15) is 0 Å².